The average molecular weight is 255 g/mol. The monoisotopic (exact) mass is 255 g/mol. The highest BCUT2D eigenvalue weighted by atomic mass is 16.5. The third kappa shape index (κ3) is 5.35. The smallest absolute Gasteiger partial charge is 0.161 e. The summed E-state index contributed by atoms with van der Waals surface area (Å²) in [6, 6.07) is 7.36. The summed E-state index contributed by atoms with van der Waals surface area (Å²) in [5.41, 5.74) is 0. The molecule has 1 unspecified atom stereocenters. The third-order valence-corrected chi connectivity index (χ3v) is 2.25. The maximum atomic E-state index is 9.65. The molecule has 3 N–H and O–H groups in total. The molecule has 102 valence electrons. The Labute approximate surface area is 107 Å². The van der Waals surface area contributed by atoms with Gasteiger partial charge >= 0.3 is 0 Å². The first-order valence-corrected chi connectivity index (χ1v) is 6.12. The lowest BCUT2D eigenvalue weighted by Crippen LogP contribution is -2.32. The lowest BCUT2D eigenvalue weighted by atomic mass is 10.3. The molecule has 0 aliphatic carbocycles. The first-order chi connectivity index (χ1) is 8.77. The molecule has 0 aliphatic heterocycles. The van der Waals surface area contributed by atoms with E-state index in [-0.39, 0.29) is 13.2 Å². The molecule has 1 aromatic rings. The highest BCUT2D eigenvalue weighted by Crippen LogP contribution is 2.26. The molecule has 5 nitrogen and oxygen atoms in total. The van der Waals surface area contributed by atoms with Crippen LogP contribution in [0.3, 0.4) is 0 Å². The van der Waals surface area contributed by atoms with E-state index in [1.54, 1.807) is 6.07 Å². The van der Waals surface area contributed by atoms with E-state index in [0.717, 1.165) is 0 Å². The van der Waals surface area contributed by atoms with Crippen molar-refractivity contribution in [2.24, 2.45) is 0 Å². The Morgan fingerprint density at radius 2 is 1.89 bits per heavy atom. The van der Waals surface area contributed by atoms with Crippen LogP contribution in [0.25, 0.3) is 0 Å². The second kappa shape index (κ2) is 8.74. The molecule has 18 heavy (non-hydrogen) atoms. The second-order valence-electron chi connectivity index (χ2n) is 3.77. The van der Waals surface area contributed by atoms with Crippen molar-refractivity contribution in [1.29, 1.82) is 0 Å². The van der Waals surface area contributed by atoms with Gasteiger partial charge in [-0.15, -0.1) is 0 Å². The zero-order valence-corrected chi connectivity index (χ0v) is 10.6. The molecule has 0 spiro atoms. The molecule has 1 aromatic carbocycles. The minimum atomic E-state index is -0.619. The van der Waals surface area contributed by atoms with E-state index in [1.807, 2.05) is 25.1 Å². The first kappa shape index (κ1) is 14.8. The van der Waals surface area contributed by atoms with Crippen molar-refractivity contribution < 1.29 is 19.7 Å². The van der Waals surface area contributed by atoms with Crippen molar-refractivity contribution >= 4 is 0 Å². The Morgan fingerprint density at radius 3 is 2.50 bits per heavy atom. The van der Waals surface area contributed by atoms with Gasteiger partial charge in [0.15, 0.2) is 11.5 Å². The van der Waals surface area contributed by atoms with Crippen LogP contribution in [-0.4, -0.2) is 49.2 Å². The van der Waals surface area contributed by atoms with Crippen LogP contribution in [0.1, 0.15) is 6.92 Å². The van der Waals surface area contributed by atoms with E-state index < -0.39 is 6.10 Å². The summed E-state index contributed by atoms with van der Waals surface area (Å²) in [5, 5.41) is 21.1. The van der Waals surface area contributed by atoms with Crippen LogP contribution in [0.15, 0.2) is 24.3 Å². The van der Waals surface area contributed by atoms with Crippen molar-refractivity contribution in [3.8, 4) is 11.5 Å². The van der Waals surface area contributed by atoms with Gasteiger partial charge in [-0.3, -0.25) is 0 Å². The van der Waals surface area contributed by atoms with Gasteiger partial charge in [-0.1, -0.05) is 12.1 Å². The fraction of sp³-hybridized carbons (Fsp3) is 0.538. The second-order valence-corrected chi connectivity index (χ2v) is 3.77. The van der Waals surface area contributed by atoms with Gasteiger partial charge in [0, 0.05) is 13.1 Å². The fourth-order valence-corrected chi connectivity index (χ4v) is 1.44. The van der Waals surface area contributed by atoms with Crippen molar-refractivity contribution in [2.75, 3.05) is 32.9 Å². The summed E-state index contributed by atoms with van der Waals surface area (Å²) in [7, 11) is 0. The fourth-order valence-electron chi connectivity index (χ4n) is 1.44. The Hall–Kier alpha value is -1.30. The van der Waals surface area contributed by atoms with Gasteiger partial charge in [0.25, 0.3) is 0 Å². The van der Waals surface area contributed by atoms with E-state index in [2.05, 4.69) is 5.32 Å². The summed E-state index contributed by atoms with van der Waals surface area (Å²) in [5.74, 6) is 1.30. The maximum Gasteiger partial charge on any atom is 0.161 e. The van der Waals surface area contributed by atoms with Crippen LogP contribution in [0.2, 0.25) is 0 Å². The molecular weight excluding hydrogens is 234 g/mol. The van der Waals surface area contributed by atoms with Gasteiger partial charge in [0.05, 0.1) is 13.2 Å². The molecule has 0 bridgehead atoms. The molecular formula is C13H21NO4. The van der Waals surface area contributed by atoms with Crippen LogP contribution >= 0.6 is 0 Å². The van der Waals surface area contributed by atoms with Crippen molar-refractivity contribution in [1.82, 2.24) is 5.32 Å². The predicted octanol–water partition coefficient (Wildman–Crippen LogP) is 0.407. The summed E-state index contributed by atoms with van der Waals surface area (Å²) >= 11 is 0. The SMILES string of the molecule is CCOc1ccccc1OCC(O)CNCCO. The van der Waals surface area contributed by atoms with E-state index >= 15 is 0 Å². The predicted molar refractivity (Wildman–Crippen MR) is 69.1 cm³/mol. The van der Waals surface area contributed by atoms with E-state index in [0.29, 0.717) is 31.2 Å². The molecule has 1 atom stereocenters. The molecule has 0 amide bonds. The van der Waals surface area contributed by atoms with Gasteiger partial charge in [0.1, 0.15) is 12.7 Å². The van der Waals surface area contributed by atoms with Gasteiger partial charge in [0.2, 0.25) is 0 Å². The average Bonchev–Trinajstić information content (AvgIpc) is 2.38. The number of nitrogens with one attached hydrogen (secondary N) is 1. The van der Waals surface area contributed by atoms with Crippen molar-refractivity contribution in [3.63, 3.8) is 0 Å². The van der Waals surface area contributed by atoms with E-state index in [4.69, 9.17) is 14.6 Å². The zero-order chi connectivity index (χ0) is 13.2. The summed E-state index contributed by atoms with van der Waals surface area (Å²) < 4.78 is 10.9. The quantitative estimate of drug-likeness (QED) is 0.557. The maximum absolute atomic E-state index is 9.65. The van der Waals surface area contributed by atoms with Gasteiger partial charge in [-0.05, 0) is 19.1 Å². The lowest BCUT2D eigenvalue weighted by molar-refractivity contribution is 0.103. The molecule has 0 heterocycles. The molecule has 0 saturated heterocycles. The minimum absolute atomic E-state index is 0.0563. The van der Waals surface area contributed by atoms with Crippen LogP contribution in [-0.2, 0) is 0 Å². The molecule has 0 fully saturated rings. The Bertz CT molecular complexity index is 333. The number of benzene rings is 1. The van der Waals surface area contributed by atoms with Gasteiger partial charge in [-0.2, -0.15) is 0 Å². The molecule has 5 heteroatoms. The summed E-state index contributed by atoms with van der Waals surface area (Å²) in [6.45, 7) is 3.57. The number of aliphatic hydroxyl groups excluding tert-OH is 2. The Kier molecular flexibility index (Phi) is 7.17. The number of aliphatic hydroxyl groups is 2. The Balaban J connectivity index is 2.37. The Morgan fingerprint density at radius 1 is 1.22 bits per heavy atom. The number of ether oxygens (including phenoxy) is 2. The van der Waals surface area contributed by atoms with E-state index in [9.17, 15) is 5.11 Å². The van der Waals surface area contributed by atoms with Crippen LogP contribution in [0.4, 0.5) is 0 Å². The van der Waals surface area contributed by atoms with Crippen molar-refractivity contribution in [3.05, 3.63) is 24.3 Å². The highest BCUT2D eigenvalue weighted by molar-refractivity contribution is 5.39. The van der Waals surface area contributed by atoms with Gasteiger partial charge in [-0.25, -0.2) is 0 Å². The normalized spacial score (nSPS) is 12.2. The van der Waals surface area contributed by atoms with E-state index in [1.165, 1.54) is 0 Å². The highest BCUT2D eigenvalue weighted by Gasteiger charge is 2.07. The number of para-hydroxylation sites is 2. The lowest BCUT2D eigenvalue weighted by Gasteiger charge is -2.15. The van der Waals surface area contributed by atoms with Gasteiger partial charge < -0.3 is 25.0 Å². The number of rotatable bonds is 9. The third-order valence-electron chi connectivity index (χ3n) is 2.25. The number of hydrogen-bond donors (Lipinski definition) is 3. The first-order valence-electron chi connectivity index (χ1n) is 6.12. The standard InChI is InChI=1S/C13H21NO4/c1-2-17-12-5-3-4-6-13(12)18-10-11(16)9-14-7-8-15/h3-6,11,14-16H,2,7-10H2,1H3. The summed E-state index contributed by atoms with van der Waals surface area (Å²) in [4.78, 5) is 0. The topological polar surface area (TPSA) is 71.0 Å². The molecule has 1 rings (SSSR count). The summed E-state index contributed by atoms with van der Waals surface area (Å²) in [6.07, 6.45) is -0.619. The van der Waals surface area contributed by atoms with Crippen LogP contribution in [0.5, 0.6) is 11.5 Å². The molecule has 0 radical (unpaired) electrons. The van der Waals surface area contributed by atoms with Crippen molar-refractivity contribution in [2.45, 2.75) is 13.0 Å². The van der Waals surface area contributed by atoms with Crippen LogP contribution < -0.4 is 14.8 Å². The number of hydrogen-bond acceptors (Lipinski definition) is 5. The zero-order valence-electron chi connectivity index (χ0n) is 10.6. The molecule has 0 aliphatic rings. The minimum Gasteiger partial charge on any atom is -0.490 e. The largest absolute Gasteiger partial charge is 0.490 e. The molecule has 0 aromatic heterocycles. The van der Waals surface area contributed by atoms with Crippen LogP contribution in [0, 0.1) is 0 Å². The molecule has 0 saturated carbocycles.